The molecule has 0 aliphatic heterocycles. The van der Waals surface area contributed by atoms with Crippen LogP contribution in [0, 0.1) is 0 Å². The Balaban J connectivity index is 2.16. The highest BCUT2D eigenvalue weighted by atomic mass is 35.5. The summed E-state index contributed by atoms with van der Waals surface area (Å²) in [6.07, 6.45) is 0. The molecule has 0 saturated carbocycles. The number of rotatable bonds is 6. The van der Waals surface area contributed by atoms with Gasteiger partial charge in [0.1, 0.15) is 11.5 Å². The number of hydrogen-bond donors (Lipinski definition) is 2. The molecule has 0 atom stereocenters. The first-order chi connectivity index (χ1) is 10.5. The molecule has 2 N–H and O–H groups in total. The smallest absolute Gasteiger partial charge is 0.337 e. The van der Waals surface area contributed by atoms with Gasteiger partial charge in [-0.2, -0.15) is 0 Å². The predicted molar refractivity (Wildman–Crippen MR) is 85.3 cm³/mol. The van der Waals surface area contributed by atoms with Gasteiger partial charge in [0.05, 0.1) is 24.8 Å². The number of hydrogen-bond acceptors (Lipinski definition) is 4. The van der Waals surface area contributed by atoms with Crippen LogP contribution in [0.2, 0.25) is 5.02 Å². The highest BCUT2D eigenvalue weighted by Crippen LogP contribution is 2.26. The zero-order chi connectivity index (χ0) is 16.1. The van der Waals surface area contributed by atoms with Gasteiger partial charge in [0.2, 0.25) is 0 Å². The second-order valence-corrected chi connectivity index (χ2v) is 4.94. The number of anilines is 1. The quantitative estimate of drug-likeness (QED) is 0.849. The fraction of sp³-hybridized carbons (Fsp3) is 0.188. The zero-order valence-corrected chi connectivity index (χ0v) is 13.0. The third-order valence-corrected chi connectivity index (χ3v) is 3.50. The molecular formula is C16H16ClNO4. The lowest BCUT2D eigenvalue weighted by atomic mass is 10.1. The van der Waals surface area contributed by atoms with Gasteiger partial charge < -0.3 is 19.9 Å². The summed E-state index contributed by atoms with van der Waals surface area (Å²) in [4.78, 5) is 11.1. The van der Waals surface area contributed by atoms with Crippen LogP contribution in [0.15, 0.2) is 36.4 Å². The largest absolute Gasteiger partial charge is 0.497 e. The standard InChI is InChI=1S/C16H16ClNO4/c1-21-12-5-3-10(15(8-12)22-2)9-18-11-4-6-14(17)13(7-11)16(19)20/h3-8,18H,9H2,1-2H3,(H,19,20). The molecular weight excluding hydrogens is 306 g/mol. The van der Waals surface area contributed by atoms with Gasteiger partial charge in [-0.25, -0.2) is 4.79 Å². The molecule has 0 fully saturated rings. The van der Waals surface area contributed by atoms with Gasteiger partial charge in [-0.1, -0.05) is 11.6 Å². The minimum absolute atomic E-state index is 0.0633. The summed E-state index contributed by atoms with van der Waals surface area (Å²) < 4.78 is 10.5. The van der Waals surface area contributed by atoms with E-state index in [2.05, 4.69) is 5.32 Å². The summed E-state index contributed by atoms with van der Waals surface area (Å²) in [5, 5.41) is 12.4. The Labute approximate surface area is 133 Å². The van der Waals surface area contributed by atoms with Crippen molar-refractivity contribution in [2.45, 2.75) is 6.54 Å². The van der Waals surface area contributed by atoms with Gasteiger partial charge in [0.15, 0.2) is 0 Å². The van der Waals surface area contributed by atoms with Crippen molar-refractivity contribution < 1.29 is 19.4 Å². The van der Waals surface area contributed by atoms with Crippen LogP contribution in [0.25, 0.3) is 0 Å². The first-order valence-corrected chi connectivity index (χ1v) is 6.90. The van der Waals surface area contributed by atoms with E-state index in [4.69, 9.17) is 26.2 Å². The summed E-state index contributed by atoms with van der Waals surface area (Å²) in [6, 6.07) is 10.3. The monoisotopic (exact) mass is 321 g/mol. The average molecular weight is 322 g/mol. The molecule has 0 radical (unpaired) electrons. The molecule has 0 bridgehead atoms. The van der Waals surface area contributed by atoms with E-state index < -0.39 is 5.97 Å². The van der Waals surface area contributed by atoms with E-state index in [-0.39, 0.29) is 10.6 Å². The van der Waals surface area contributed by atoms with Crippen molar-refractivity contribution in [2.24, 2.45) is 0 Å². The van der Waals surface area contributed by atoms with Crippen LogP contribution in [0.4, 0.5) is 5.69 Å². The predicted octanol–water partition coefficient (Wildman–Crippen LogP) is 3.67. The maximum Gasteiger partial charge on any atom is 0.337 e. The Hall–Kier alpha value is -2.40. The Bertz CT molecular complexity index is 688. The normalized spacial score (nSPS) is 10.1. The zero-order valence-electron chi connectivity index (χ0n) is 12.2. The highest BCUT2D eigenvalue weighted by Gasteiger charge is 2.10. The maximum atomic E-state index is 11.1. The van der Waals surface area contributed by atoms with Crippen molar-refractivity contribution in [1.82, 2.24) is 0 Å². The van der Waals surface area contributed by atoms with Gasteiger partial charge in [0.25, 0.3) is 0 Å². The molecule has 0 aromatic heterocycles. The molecule has 2 aromatic rings. The van der Waals surface area contributed by atoms with E-state index in [1.165, 1.54) is 6.07 Å². The van der Waals surface area contributed by atoms with Gasteiger partial charge in [0, 0.05) is 23.9 Å². The summed E-state index contributed by atoms with van der Waals surface area (Å²) in [7, 11) is 3.18. The van der Waals surface area contributed by atoms with E-state index in [9.17, 15) is 4.79 Å². The number of halogens is 1. The van der Waals surface area contributed by atoms with E-state index in [1.807, 2.05) is 12.1 Å². The average Bonchev–Trinajstić information content (AvgIpc) is 2.53. The number of methoxy groups -OCH3 is 2. The van der Waals surface area contributed by atoms with Crippen molar-refractivity contribution in [3.8, 4) is 11.5 Å². The van der Waals surface area contributed by atoms with E-state index in [0.29, 0.717) is 23.7 Å². The molecule has 5 nitrogen and oxygen atoms in total. The van der Waals surface area contributed by atoms with E-state index in [1.54, 1.807) is 32.4 Å². The van der Waals surface area contributed by atoms with Crippen LogP contribution in [0.3, 0.4) is 0 Å². The Morgan fingerprint density at radius 1 is 1.18 bits per heavy atom. The Kier molecular flexibility index (Phi) is 5.12. The first kappa shape index (κ1) is 16.0. The molecule has 2 rings (SSSR count). The molecule has 116 valence electrons. The molecule has 0 aliphatic rings. The number of nitrogens with one attached hydrogen (secondary N) is 1. The summed E-state index contributed by atoms with van der Waals surface area (Å²) >= 11 is 5.85. The second kappa shape index (κ2) is 7.04. The SMILES string of the molecule is COc1ccc(CNc2ccc(Cl)c(C(=O)O)c2)c(OC)c1. The molecule has 2 aromatic carbocycles. The van der Waals surface area contributed by atoms with Crippen LogP contribution in [0.5, 0.6) is 11.5 Å². The molecule has 0 saturated heterocycles. The molecule has 0 amide bonds. The minimum atomic E-state index is -1.06. The number of carboxylic acids is 1. The third kappa shape index (κ3) is 3.62. The summed E-state index contributed by atoms with van der Waals surface area (Å²) in [5.41, 5.74) is 1.66. The van der Waals surface area contributed by atoms with Crippen LogP contribution >= 0.6 is 11.6 Å². The van der Waals surface area contributed by atoms with Crippen LogP contribution in [-0.2, 0) is 6.54 Å². The minimum Gasteiger partial charge on any atom is -0.497 e. The molecule has 0 spiro atoms. The summed E-state index contributed by atoms with van der Waals surface area (Å²) in [6.45, 7) is 0.480. The lowest BCUT2D eigenvalue weighted by Crippen LogP contribution is -2.04. The third-order valence-electron chi connectivity index (χ3n) is 3.17. The summed E-state index contributed by atoms with van der Waals surface area (Å²) in [5.74, 6) is 0.343. The molecule has 22 heavy (non-hydrogen) atoms. The van der Waals surface area contributed by atoms with Gasteiger partial charge in [-0.3, -0.25) is 0 Å². The Morgan fingerprint density at radius 3 is 2.59 bits per heavy atom. The number of aromatic carboxylic acids is 1. The Morgan fingerprint density at radius 2 is 1.95 bits per heavy atom. The highest BCUT2D eigenvalue weighted by molar-refractivity contribution is 6.33. The lowest BCUT2D eigenvalue weighted by molar-refractivity contribution is 0.0697. The molecule has 0 unspecified atom stereocenters. The van der Waals surface area contributed by atoms with Crippen LogP contribution in [0.1, 0.15) is 15.9 Å². The van der Waals surface area contributed by atoms with E-state index >= 15 is 0 Å². The van der Waals surface area contributed by atoms with Crippen molar-refractivity contribution in [2.75, 3.05) is 19.5 Å². The number of benzene rings is 2. The molecule has 6 heteroatoms. The van der Waals surface area contributed by atoms with Crippen LogP contribution < -0.4 is 14.8 Å². The molecule has 0 heterocycles. The number of ether oxygens (including phenoxy) is 2. The fourth-order valence-corrected chi connectivity index (χ4v) is 2.19. The van der Waals surface area contributed by atoms with Crippen molar-refractivity contribution >= 4 is 23.3 Å². The van der Waals surface area contributed by atoms with Gasteiger partial charge in [-0.15, -0.1) is 0 Å². The van der Waals surface area contributed by atoms with Gasteiger partial charge in [-0.05, 0) is 30.3 Å². The van der Waals surface area contributed by atoms with Crippen molar-refractivity contribution in [3.63, 3.8) is 0 Å². The number of carbonyl (C=O) groups is 1. The number of carboxylic acid groups (broad SMARTS) is 1. The lowest BCUT2D eigenvalue weighted by Gasteiger charge is -2.12. The van der Waals surface area contributed by atoms with Crippen molar-refractivity contribution in [3.05, 3.63) is 52.5 Å². The second-order valence-electron chi connectivity index (χ2n) is 4.53. The van der Waals surface area contributed by atoms with Crippen LogP contribution in [-0.4, -0.2) is 25.3 Å². The maximum absolute atomic E-state index is 11.1. The fourth-order valence-electron chi connectivity index (χ4n) is 1.99. The van der Waals surface area contributed by atoms with E-state index in [0.717, 1.165) is 5.56 Å². The topological polar surface area (TPSA) is 67.8 Å². The van der Waals surface area contributed by atoms with Crippen molar-refractivity contribution in [1.29, 1.82) is 0 Å². The molecule has 0 aliphatic carbocycles. The van der Waals surface area contributed by atoms with Gasteiger partial charge >= 0.3 is 5.97 Å². The first-order valence-electron chi connectivity index (χ1n) is 6.52.